The smallest absolute Gasteiger partial charge is 0.255 e. The van der Waals surface area contributed by atoms with Gasteiger partial charge in [0.15, 0.2) is 0 Å². The van der Waals surface area contributed by atoms with E-state index in [1.807, 2.05) is 26.0 Å². The number of aliphatic hydroxyl groups is 1. The zero-order chi connectivity index (χ0) is 18.5. The normalized spacial score (nSPS) is 12.1. The second-order valence-corrected chi connectivity index (χ2v) is 7.49. The van der Waals surface area contributed by atoms with Crippen LogP contribution in [0, 0.1) is 13.8 Å². The van der Waals surface area contributed by atoms with Gasteiger partial charge in [0.25, 0.3) is 5.56 Å². The summed E-state index contributed by atoms with van der Waals surface area (Å²) < 4.78 is 0. The fraction of sp³-hybridized carbons (Fsp3) is 0.333. The second-order valence-electron chi connectivity index (χ2n) is 6.17. The van der Waals surface area contributed by atoms with E-state index in [0.29, 0.717) is 24.4 Å². The van der Waals surface area contributed by atoms with Crippen LogP contribution in [0.5, 0.6) is 0 Å². The molecule has 3 aromatic rings. The summed E-state index contributed by atoms with van der Waals surface area (Å²) in [5.41, 5.74) is 2.26. The van der Waals surface area contributed by atoms with E-state index in [1.165, 1.54) is 0 Å². The molecule has 0 aliphatic carbocycles. The van der Waals surface area contributed by atoms with Gasteiger partial charge in [0.1, 0.15) is 0 Å². The number of thiazole rings is 1. The lowest BCUT2D eigenvalue weighted by Gasteiger charge is -2.11. The summed E-state index contributed by atoms with van der Waals surface area (Å²) in [4.78, 5) is 28.7. The van der Waals surface area contributed by atoms with Gasteiger partial charge in [0.2, 0.25) is 5.95 Å². The summed E-state index contributed by atoms with van der Waals surface area (Å²) in [7, 11) is 0. The van der Waals surface area contributed by atoms with Crippen molar-refractivity contribution in [1.82, 2.24) is 19.9 Å². The van der Waals surface area contributed by atoms with Gasteiger partial charge < -0.3 is 10.4 Å². The Kier molecular flexibility index (Phi) is 5.75. The van der Waals surface area contributed by atoms with Gasteiger partial charge in [-0.1, -0.05) is 6.07 Å². The summed E-state index contributed by atoms with van der Waals surface area (Å²) >= 11 is 1.57. The topological polar surface area (TPSA) is 104 Å². The quantitative estimate of drug-likeness (QED) is 0.585. The maximum absolute atomic E-state index is 12.2. The van der Waals surface area contributed by atoms with Gasteiger partial charge in [-0.25, -0.2) is 9.97 Å². The molecular weight excluding hydrogens is 350 g/mol. The lowest BCUT2D eigenvalue weighted by atomic mass is 10.1. The van der Waals surface area contributed by atoms with E-state index in [1.54, 1.807) is 29.9 Å². The highest BCUT2D eigenvalue weighted by Crippen LogP contribution is 2.13. The largest absolute Gasteiger partial charge is 0.391 e. The summed E-state index contributed by atoms with van der Waals surface area (Å²) in [5.74, 6) is 0.343. The average Bonchev–Trinajstić information content (AvgIpc) is 3.02. The highest BCUT2D eigenvalue weighted by Gasteiger charge is 2.10. The van der Waals surface area contributed by atoms with E-state index in [-0.39, 0.29) is 12.1 Å². The number of rotatable bonds is 7. The standard InChI is InChI=1S/C18H21N5O2S/c1-11-3-4-13(8-19-11)5-14-9-21-18(23-17(14)25)22-10-15(24)6-16-20-7-12(2)26-16/h3-4,7-9,15,24H,5-6,10H2,1-2H3,(H2,21,22,23,25). The third-order valence-corrected chi connectivity index (χ3v) is 4.76. The van der Waals surface area contributed by atoms with Crippen LogP contribution < -0.4 is 10.9 Å². The molecule has 0 amide bonds. The molecule has 0 spiro atoms. The monoisotopic (exact) mass is 371 g/mol. The number of hydrogen-bond acceptors (Lipinski definition) is 7. The van der Waals surface area contributed by atoms with Crippen LogP contribution in [0.2, 0.25) is 0 Å². The molecule has 0 saturated carbocycles. The molecule has 0 bridgehead atoms. The van der Waals surface area contributed by atoms with Crippen molar-refractivity contribution in [3.8, 4) is 0 Å². The van der Waals surface area contributed by atoms with Crippen molar-refractivity contribution in [2.75, 3.05) is 11.9 Å². The first-order valence-corrected chi connectivity index (χ1v) is 9.14. The van der Waals surface area contributed by atoms with E-state index in [0.717, 1.165) is 21.1 Å². The first-order chi connectivity index (χ1) is 12.5. The summed E-state index contributed by atoms with van der Waals surface area (Å²) in [5, 5.41) is 13.9. The molecule has 0 saturated heterocycles. The molecule has 3 aromatic heterocycles. The number of aliphatic hydroxyl groups excluding tert-OH is 1. The van der Waals surface area contributed by atoms with Crippen LogP contribution >= 0.6 is 11.3 Å². The molecule has 1 unspecified atom stereocenters. The highest BCUT2D eigenvalue weighted by molar-refractivity contribution is 7.11. The molecule has 0 aliphatic rings. The summed E-state index contributed by atoms with van der Waals surface area (Å²) in [6, 6.07) is 3.86. The van der Waals surface area contributed by atoms with Crippen LogP contribution in [0.1, 0.15) is 26.7 Å². The van der Waals surface area contributed by atoms with Crippen LogP contribution in [-0.2, 0) is 12.8 Å². The van der Waals surface area contributed by atoms with Crippen molar-refractivity contribution in [2.24, 2.45) is 0 Å². The first-order valence-electron chi connectivity index (χ1n) is 8.32. The van der Waals surface area contributed by atoms with Crippen LogP contribution in [-0.4, -0.2) is 37.7 Å². The fourth-order valence-electron chi connectivity index (χ4n) is 2.44. The Morgan fingerprint density at radius 3 is 2.69 bits per heavy atom. The number of nitrogens with zero attached hydrogens (tertiary/aromatic N) is 3. The molecule has 0 aliphatic heterocycles. The Balaban J connectivity index is 1.57. The molecule has 1 atom stereocenters. The predicted molar refractivity (Wildman–Crippen MR) is 102 cm³/mol. The highest BCUT2D eigenvalue weighted by atomic mass is 32.1. The van der Waals surface area contributed by atoms with Gasteiger partial charge >= 0.3 is 0 Å². The van der Waals surface area contributed by atoms with Gasteiger partial charge in [-0.2, -0.15) is 0 Å². The van der Waals surface area contributed by atoms with E-state index >= 15 is 0 Å². The third-order valence-electron chi connectivity index (χ3n) is 3.82. The van der Waals surface area contributed by atoms with Crippen LogP contribution in [0.4, 0.5) is 5.95 Å². The molecule has 0 fully saturated rings. The average molecular weight is 371 g/mol. The Bertz CT molecular complexity index is 920. The molecule has 3 heterocycles. The molecule has 3 rings (SSSR count). The predicted octanol–water partition coefficient (Wildman–Crippen LogP) is 1.84. The number of anilines is 1. The SMILES string of the molecule is Cc1ccc(Cc2cnc(NCC(O)Cc3ncc(C)s3)[nH]c2=O)cn1. The minimum atomic E-state index is -0.607. The minimum Gasteiger partial charge on any atom is -0.391 e. The van der Waals surface area contributed by atoms with Gasteiger partial charge in [-0.15, -0.1) is 11.3 Å². The molecule has 0 aromatic carbocycles. The van der Waals surface area contributed by atoms with Gasteiger partial charge in [-0.05, 0) is 25.5 Å². The van der Waals surface area contributed by atoms with E-state index in [4.69, 9.17) is 0 Å². The van der Waals surface area contributed by atoms with Crippen molar-refractivity contribution in [3.63, 3.8) is 0 Å². The summed E-state index contributed by atoms with van der Waals surface area (Å²) in [6.07, 6.45) is 5.44. The van der Waals surface area contributed by atoms with Crippen molar-refractivity contribution < 1.29 is 5.11 Å². The maximum atomic E-state index is 12.2. The minimum absolute atomic E-state index is 0.201. The van der Waals surface area contributed by atoms with Crippen LogP contribution in [0.15, 0.2) is 35.5 Å². The van der Waals surface area contributed by atoms with Gasteiger partial charge in [0, 0.05) is 54.1 Å². The lowest BCUT2D eigenvalue weighted by molar-refractivity contribution is 0.188. The Morgan fingerprint density at radius 2 is 2.04 bits per heavy atom. The molecule has 0 radical (unpaired) electrons. The zero-order valence-corrected chi connectivity index (χ0v) is 15.5. The third kappa shape index (κ3) is 4.96. The van der Waals surface area contributed by atoms with Gasteiger partial charge in [-0.3, -0.25) is 14.8 Å². The second kappa shape index (κ2) is 8.20. The molecule has 3 N–H and O–H groups in total. The summed E-state index contributed by atoms with van der Waals surface area (Å²) in [6.45, 7) is 4.18. The lowest BCUT2D eigenvalue weighted by Crippen LogP contribution is -2.24. The number of aromatic nitrogens is 4. The molecular formula is C18H21N5O2S. The number of hydrogen-bond donors (Lipinski definition) is 3. The Labute approximate surface area is 155 Å². The van der Waals surface area contributed by atoms with E-state index in [2.05, 4.69) is 25.3 Å². The maximum Gasteiger partial charge on any atom is 0.255 e. The van der Waals surface area contributed by atoms with E-state index < -0.39 is 6.10 Å². The number of nitrogens with one attached hydrogen (secondary N) is 2. The van der Waals surface area contributed by atoms with Gasteiger partial charge in [0.05, 0.1) is 11.1 Å². The Hall–Kier alpha value is -2.58. The number of aryl methyl sites for hydroxylation is 2. The van der Waals surface area contributed by atoms with Crippen LogP contribution in [0.3, 0.4) is 0 Å². The fourth-order valence-corrected chi connectivity index (χ4v) is 3.30. The molecule has 136 valence electrons. The van der Waals surface area contributed by atoms with Crippen molar-refractivity contribution >= 4 is 17.3 Å². The molecule has 8 heteroatoms. The van der Waals surface area contributed by atoms with E-state index in [9.17, 15) is 9.90 Å². The molecule has 7 nitrogen and oxygen atoms in total. The number of H-pyrrole nitrogens is 1. The molecule has 26 heavy (non-hydrogen) atoms. The van der Waals surface area contributed by atoms with Crippen molar-refractivity contribution in [3.05, 3.63) is 67.8 Å². The number of pyridine rings is 1. The Morgan fingerprint density at radius 1 is 1.19 bits per heavy atom. The van der Waals surface area contributed by atoms with Crippen LogP contribution in [0.25, 0.3) is 0 Å². The number of aromatic amines is 1. The zero-order valence-electron chi connectivity index (χ0n) is 14.7. The van der Waals surface area contributed by atoms with Crippen molar-refractivity contribution in [2.45, 2.75) is 32.8 Å². The van der Waals surface area contributed by atoms with Crippen molar-refractivity contribution in [1.29, 1.82) is 0 Å². The first kappa shape index (κ1) is 18.2.